The SMILES string of the molecule is O=C1S/C(=C/c2ccc(-c3ccc(F)cc3)o2)C(=O)N1Cc1ccco1. The first-order valence-corrected chi connectivity index (χ1v) is 8.55. The highest BCUT2D eigenvalue weighted by molar-refractivity contribution is 8.18. The van der Waals surface area contributed by atoms with E-state index in [0.717, 1.165) is 22.2 Å². The Bertz CT molecular complexity index is 989. The van der Waals surface area contributed by atoms with Crippen LogP contribution in [0.1, 0.15) is 11.5 Å². The van der Waals surface area contributed by atoms with Crippen molar-refractivity contribution in [2.24, 2.45) is 0 Å². The molecular weight excluding hydrogens is 357 g/mol. The van der Waals surface area contributed by atoms with E-state index in [2.05, 4.69) is 0 Å². The topological polar surface area (TPSA) is 63.7 Å². The zero-order valence-electron chi connectivity index (χ0n) is 13.3. The Labute approximate surface area is 152 Å². The molecule has 0 bridgehead atoms. The molecule has 0 spiro atoms. The van der Waals surface area contributed by atoms with Crippen LogP contribution < -0.4 is 0 Å². The summed E-state index contributed by atoms with van der Waals surface area (Å²) in [5.74, 6) is 0.797. The summed E-state index contributed by atoms with van der Waals surface area (Å²) in [5.41, 5.74) is 0.719. The van der Waals surface area contributed by atoms with Crippen molar-refractivity contribution in [1.29, 1.82) is 0 Å². The van der Waals surface area contributed by atoms with E-state index < -0.39 is 5.91 Å². The van der Waals surface area contributed by atoms with Gasteiger partial charge in [0.1, 0.15) is 23.1 Å². The molecule has 2 aromatic heterocycles. The maximum Gasteiger partial charge on any atom is 0.293 e. The summed E-state index contributed by atoms with van der Waals surface area (Å²) in [6, 6.07) is 12.7. The van der Waals surface area contributed by atoms with Gasteiger partial charge in [0, 0.05) is 11.6 Å². The van der Waals surface area contributed by atoms with E-state index in [1.54, 1.807) is 36.4 Å². The standard InChI is InChI=1S/C19H12FNO4S/c20-13-5-3-12(4-6-13)16-8-7-14(25-16)10-17-18(22)21(19(23)26-17)11-15-2-1-9-24-15/h1-10H,11H2/b17-10+. The lowest BCUT2D eigenvalue weighted by Crippen LogP contribution is -2.27. The summed E-state index contributed by atoms with van der Waals surface area (Å²) in [6.45, 7) is 0.0913. The number of rotatable bonds is 4. The van der Waals surface area contributed by atoms with Gasteiger partial charge in [0.2, 0.25) is 0 Å². The molecule has 3 heterocycles. The number of benzene rings is 1. The van der Waals surface area contributed by atoms with E-state index in [9.17, 15) is 14.0 Å². The highest BCUT2D eigenvalue weighted by atomic mass is 32.2. The summed E-state index contributed by atoms with van der Waals surface area (Å²) >= 11 is 0.853. The third-order valence-electron chi connectivity index (χ3n) is 3.80. The monoisotopic (exact) mass is 369 g/mol. The Morgan fingerprint density at radius 3 is 2.62 bits per heavy atom. The van der Waals surface area contributed by atoms with Gasteiger partial charge in [0.15, 0.2) is 0 Å². The second-order valence-electron chi connectivity index (χ2n) is 5.56. The van der Waals surface area contributed by atoms with Gasteiger partial charge >= 0.3 is 0 Å². The fraction of sp³-hybridized carbons (Fsp3) is 0.0526. The van der Waals surface area contributed by atoms with E-state index in [-0.39, 0.29) is 22.5 Å². The molecule has 2 amide bonds. The van der Waals surface area contributed by atoms with Gasteiger partial charge in [-0.2, -0.15) is 0 Å². The van der Waals surface area contributed by atoms with Gasteiger partial charge in [0.05, 0.1) is 17.7 Å². The minimum absolute atomic E-state index is 0.0913. The predicted octanol–water partition coefficient (Wildman–Crippen LogP) is 4.92. The van der Waals surface area contributed by atoms with Crippen LogP contribution in [-0.4, -0.2) is 16.0 Å². The van der Waals surface area contributed by atoms with Gasteiger partial charge < -0.3 is 8.83 Å². The number of nitrogens with zero attached hydrogens (tertiary/aromatic N) is 1. The van der Waals surface area contributed by atoms with Crippen molar-refractivity contribution >= 4 is 29.0 Å². The van der Waals surface area contributed by atoms with Gasteiger partial charge in [-0.1, -0.05) is 0 Å². The first-order valence-electron chi connectivity index (χ1n) is 7.74. The van der Waals surface area contributed by atoms with Crippen molar-refractivity contribution in [3.63, 3.8) is 0 Å². The normalized spacial score (nSPS) is 16.0. The Hall–Kier alpha value is -3.06. The lowest BCUT2D eigenvalue weighted by Gasteiger charge is -2.09. The zero-order chi connectivity index (χ0) is 18.1. The first kappa shape index (κ1) is 16.4. The van der Waals surface area contributed by atoms with Crippen LogP contribution >= 0.6 is 11.8 Å². The maximum absolute atomic E-state index is 13.0. The predicted molar refractivity (Wildman–Crippen MR) is 94.3 cm³/mol. The Balaban J connectivity index is 1.54. The number of hydrogen-bond acceptors (Lipinski definition) is 5. The lowest BCUT2D eigenvalue weighted by molar-refractivity contribution is -0.123. The van der Waals surface area contributed by atoms with Crippen LogP contribution in [0.5, 0.6) is 0 Å². The van der Waals surface area contributed by atoms with Crippen molar-refractivity contribution in [3.8, 4) is 11.3 Å². The van der Waals surface area contributed by atoms with Gasteiger partial charge in [-0.25, -0.2) is 4.39 Å². The largest absolute Gasteiger partial charge is 0.467 e. The van der Waals surface area contributed by atoms with Crippen LogP contribution in [0.4, 0.5) is 9.18 Å². The Kier molecular flexibility index (Phi) is 4.22. The molecule has 0 radical (unpaired) electrons. The molecule has 0 saturated carbocycles. The number of hydrogen-bond donors (Lipinski definition) is 0. The van der Waals surface area contributed by atoms with Crippen LogP contribution in [0.15, 0.2) is 68.5 Å². The minimum Gasteiger partial charge on any atom is -0.467 e. The summed E-state index contributed by atoms with van der Waals surface area (Å²) in [5, 5.41) is -0.358. The molecule has 5 nitrogen and oxygen atoms in total. The molecule has 4 rings (SSSR count). The first-order chi connectivity index (χ1) is 12.6. The molecule has 0 atom stereocenters. The van der Waals surface area contributed by atoms with E-state index in [1.807, 2.05) is 0 Å². The number of carbonyl (C=O) groups excluding carboxylic acids is 2. The molecule has 1 aliphatic rings. The molecule has 130 valence electrons. The lowest BCUT2D eigenvalue weighted by atomic mass is 10.2. The summed E-state index contributed by atoms with van der Waals surface area (Å²) < 4.78 is 23.9. The van der Waals surface area contributed by atoms with Gasteiger partial charge in [-0.15, -0.1) is 0 Å². The fourth-order valence-corrected chi connectivity index (χ4v) is 3.34. The number of imide groups is 1. The average molecular weight is 369 g/mol. The molecule has 0 N–H and O–H groups in total. The third kappa shape index (κ3) is 3.21. The molecule has 1 aliphatic heterocycles. The van der Waals surface area contributed by atoms with Crippen LogP contribution in [0.25, 0.3) is 17.4 Å². The van der Waals surface area contributed by atoms with Gasteiger partial charge in [-0.3, -0.25) is 14.5 Å². The van der Waals surface area contributed by atoms with Crippen LogP contribution in [0.3, 0.4) is 0 Å². The average Bonchev–Trinajstić information content (AvgIpc) is 3.35. The third-order valence-corrected chi connectivity index (χ3v) is 4.70. The molecule has 7 heteroatoms. The zero-order valence-corrected chi connectivity index (χ0v) is 14.2. The van der Waals surface area contributed by atoms with E-state index in [1.165, 1.54) is 24.5 Å². The molecular formula is C19H12FNO4S. The van der Waals surface area contributed by atoms with Crippen molar-refractivity contribution in [2.75, 3.05) is 0 Å². The molecule has 0 unspecified atom stereocenters. The summed E-state index contributed by atoms with van der Waals surface area (Å²) in [6.07, 6.45) is 3.02. The summed E-state index contributed by atoms with van der Waals surface area (Å²) in [4.78, 5) is 25.9. The summed E-state index contributed by atoms with van der Waals surface area (Å²) in [7, 11) is 0. The quantitative estimate of drug-likeness (QED) is 0.611. The van der Waals surface area contributed by atoms with Gasteiger partial charge in [0.25, 0.3) is 11.1 Å². The number of amides is 2. The maximum atomic E-state index is 13.0. The Morgan fingerprint density at radius 2 is 1.88 bits per heavy atom. The van der Waals surface area contributed by atoms with E-state index >= 15 is 0 Å². The smallest absolute Gasteiger partial charge is 0.293 e. The van der Waals surface area contributed by atoms with Gasteiger partial charge in [-0.05, 0) is 60.3 Å². The molecule has 26 heavy (non-hydrogen) atoms. The number of halogens is 1. The molecule has 1 saturated heterocycles. The second-order valence-corrected chi connectivity index (χ2v) is 6.55. The highest BCUT2D eigenvalue weighted by Gasteiger charge is 2.35. The van der Waals surface area contributed by atoms with Crippen molar-refractivity contribution < 1.29 is 22.8 Å². The van der Waals surface area contributed by atoms with Crippen LogP contribution in [-0.2, 0) is 11.3 Å². The molecule has 0 aliphatic carbocycles. The van der Waals surface area contributed by atoms with Crippen molar-refractivity contribution in [1.82, 2.24) is 4.90 Å². The number of thioether (sulfide) groups is 1. The second kappa shape index (κ2) is 6.68. The van der Waals surface area contributed by atoms with Crippen LogP contribution in [0.2, 0.25) is 0 Å². The number of carbonyl (C=O) groups is 2. The van der Waals surface area contributed by atoms with Crippen molar-refractivity contribution in [2.45, 2.75) is 6.54 Å². The molecule has 3 aromatic rings. The number of furan rings is 2. The van der Waals surface area contributed by atoms with Crippen LogP contribution in [0, 0.1) is 5.82 Å². The van der Waals surface area contributed by atoms with Crippen molar-refractivity contribution in [3.05, 3.63) is 77.0 Å². The minimum atomic E-state index is -0.392. The molecule has 1 fully saturated rings. The van der Waals surface area contributed by atoms with E-state index in [0.29, 0.717) is 17.3 Å². The Morgan fingerprint density at radius 1 is 1.08 bits per heavy atom. The molecule has 1 aromatic carbocycles. The van der Waals surface area contributed by atoms with E-state index in [4.69, 9.17) is 8.83 Å². The highest BCUT2D eigenvalue weighted by Crippen LogP contribution is 2.34. The fourth-order valence-electron chi connectivity index (χ4n) is 2.52.